The number of hydrogen-bond donors (Lipinski definition) is 1. The Morgan fingerprint density at radius 2 is 2.00 bits per heavy atom. The summed E-state index contributed by atoms with van der Waals surface area (Å²) < 4.78 is 13.8. The number of carbonyl (C=O) groups excluding carboxylic acids is 2. The van der Waals surface area contributed by atoms with E-state index < -0.39 is 0 Å². The summed E-state index contributed by atoms with van der Waals surface area (Å²) in [7, 11) is 0. The zero-order valence-electron chi connectivity index (χ0n) is 14.9. The molecule has 2 aliphatic heterocycles. The number of likely N-dealkylation sites (tertiary alicyclic amines) is 2. The highest BCUT2D eigenvalue weighted by Crippen LogP contribution is 2.45. The van der Waals surface area contributed by atoms with E-state index in [0.29, 0.717) is 19.6 Å². The van der Waals surface area contributed by atoms with E-state index in [2.05, 4.69) is 4.98 Å². The van der Waals surface area contributed by atoms with Crippen LogP contribution >= 0.6 is 0 Å². The van der Waals surface area contributed by atoms with Crippen LogP contribution in [0, 0.1) is 17.7 Å². The highest BCUT2D eigenvalue weighted by molar-refractivity contribution is 5.95. The molecule has 2 saturated heterocycles. The van der Waals surface area contributed by atoms with Crippen molar-refractivity contribution in [3.63, 3.8) is 0 Å². The topological polar surface area (TPSA) is 73.7 Å². The molecule has 0 aliphatic carbocycles. The molecule has 1 aromatic carbocycles. The number of nitrogens with zero attached hydrogens (tertiary/aromatic N) is 3. The van der Waals surface area contributed by atoms with Gasteiger partial charge in [0, 0.05) is 44.6 Å². The van der Waals surface area contributed by atoms with Crippen LogP contribution in [0.1, 0.15) is 29.0 Å². The lowest BCUT2D eigenvalue weighted by Gasteiger charge is -2.29. The Labute approximate surface area is 156 Å². The predicted octanol–water partition coefficient (Wildman–Crippen LogP) is 2.22. The second kappa shape index (κ2) is 6.64. The van der Waals surface area contributed by atoms with Gasteiger partial charge in [-0.15, -0.1) is 0 Å². The second-order valence-electron chi connectivity index (χ2n) is 7.18. The Morgan fingerprint density at radius 3 is 2.70 bits per heavy atom. The van der Waals surface area contributed by atoms with Crippen molar-refractivity contribution >= 4 is 11.8 Å². The molecule has 4 rings (SSSR count). The minimum atomic E-state index is -0.344. The van der Waals surface area contributed by atoms with Crippen LogP contribution in [-0.2, 0) is 4.79 Å². The fourth-order valence-corrected chi connectivity index (χ4v) is 4.36. The van der Waals surface area contributed by atoms with Crippen molar-refractivity contribution in [3.8, 4) is 5.75 Å². The first-order valence-electron chi connectivity index (χ1n) is 8.91. The van der Waals surface area contributed by atoms with Crippen LogP contribution in [0.5, 0.6) is 5.75 Å². The summed E-state index contributed by atoms with van der Waals surface area (Å²) >= 11 is 0. The third-order valence-electron chi connectivity index (χ3n) is 5.54. The Bertz CT molecular complexity index is 904. The first kappa shape index (κ1) is 17.5. The summed E-state index contributed by atoms with van der Waals surface area (Å²) in [6, 6.07) is 9.03. The molecule has 27 heavy (non-hydrogen) atoms. The lowest BCUT2D eigenvalue weighted by molar-refractivity contribution is -0.130. The van der Waals surface area contributed by atoms with Crippen molar-refractivity contribution in [2.45, 2.75) is 13.0 Å². The number of fused-ring (bicyclic) bond motifs is 1. The van der Waals surface area contributed by atoms with Gasteiger partial charge in [0.1, 0.15) is 11.6 Å². The van der Waals surface area contributed by atoms with Gasteiger partial charge in [-0.05, 0) is 29.8 Å². The Hall–Kier alpha value is -2.96. The van der Waals surface area contributed by atoms with Gasteiger partial charge in [-0.1, -0.05) is 12.1 Å². The largest absolute Gasteiger partial charge is 0.505 e. The van der Waals surface area contributed by atoms with Crippen LogP contribution < -0.4 is 0 Å². The fourth-order valence-electron chi connectivity index (χ4n) is 4.36. The van der Waals surface area contributed by atoms with Crippen molar-refractivity contribution in [2.24, 2.45) is 11.8 Å². The summed E-state index contributed by atoms with van der Waals surface area (Å²) in [5, 5.41) is 9.92. The van der Waals surface area contributed by atoms with E-state index in [4.69, 9.17) is 0 Å². The van der Waals surface area contributed by atoms with Gasteiger partial charge in [0.2, 0.25) is 5.91 Å². The predicted molar refractivity (Wildman–Crippen MR) is 95.3 cm³/mol. The molecule has 2 amide bonds. The number of halogens is 1. The monoisotopic (exact) mass is 369 g/mol. The lowest BCUT2D eigenvalue weighted by Crippen LogP contribution is -2.36. The van der Waals surface area contributed by atoms with Gasteiger partial charge >= 0.3 is 0 Å². The standard InChI is InChI=1S/C20H20FN3O3/c1-12(25)24-10-14-9-23(20(27)18-17(26)6-3-7-22-18)11-16(14)19(24)13-4-2-5-15(21)8-13/h2-8,14,16,19,26H,9-11H2,1H3/t14-,16-,19-/m1/s1. The van der Waals surface area contributed by atoms with Crippen LogP contribution in [0.2, 0.25) is 0 Å². The van der Waals surface area contributed by atoms with Crippen molar-refractivity contribution in [3.05, 3.63) is 59.7 Å². The molecule has 6 nitrogen and oxygen atoms in total. The maximum Gasteiger partial charge on any atom is 0.276 e. The number of carbonyl (C=O) groups is 2. The van der Waals surface area contributed by atoms with Gasteiger partial charge < -0.3 is 14.9 Å². The third kappa shape index (κ3) is 3.03. The second-order valence-corrected chi connectivity index (χ2v) is 7.18. The molecule has 2 aromatic rings. The highest BCUT2D eigenvalue weighted by atomic mass is 19.1. The van der Waals surface area contributed by atoms with Crippen molar-refractivity contribution in [1.29, 1.82) is 0 Å². The fraction of sp³-hybridized carbons (Fsp3) is 0.350. The first-order valence-corrected chi connectivity index (χ1v) is 8.91. The summed E-state index contributed by atoms with van der Waals surface area (Å²) in [6.07, 6.45) is 1.47. The molecule has 2 aliphatic rings. The number of aromatic hydroxyl groups is 1. The average Bonchev–Trinajstić information content (AvgIpc) is 3.19. The van der Waals surface area contributed by atoms with E-state index in [1.54, 1.807) is 21.9 Å². The molecule has 0 unspecified atom stereocenters. The van der Waals surface area contributed by atoms with Crippen LogP contribution in [-0.4, -0.2) is 51.3 Å². The quantitative estimate of drug-likeness (QED) is 0.881. The summed E-state index contributed by atoms with van der Waals surface area (Å²) in [5.74, 6) is -0.744. The Kier molecular flexibility index (Phi) is 4.30. The van der Waals surface area contributed by atoms with E-state index in [-0.39, 0.29) is 47.0 Å². The molecule has 2 fully saturated rings. The van der Waals surface area contributed by atoms with Gasteiger partial charge in [-0.3, -0.25) is 9.59 Å². The van der Waals surface area contributed by atoms with Crippen molar-refractivity contribution in [1.82, 2.24) is 14.8 Å². The SMILES string of the molecule is CC(=O)N1C[C@H]2CN(C(=O)c3ncccc3O)C[C@H]2[C@H]1c1cccc(F)c1. The molecule has 7 heteroatoms. The van der Waals surface area contributed by atoms with E-state index in [1.165, 1.54) is 31.3 Å². The number of aromatic nitrogens is 1. The number of amides is 2. The molecule has 140 valence electrons. The maximum atomic E-state index is 13.8. The summed E-state index contributed by atoms with van der Waals surface area (Å²) in [5.41, 5.74) is 0.774. The third-order valence-corrected chi connectivity index (χ3v) is 5.54. The molecule has 3 atom stereocenters. The molecule has 1 aromatic heterocycles. The van der Waals surface area contributed by atoms with Crippen LogP contribution in [0.3, 0.4) is 0 Å². The van der Waals surface area contributed by atoms with Gasteiger partial charge in [0.25, 0.3) is 5.91 Å². The van der Waals surface area contributed by atoms with Gasteiger partial charge in [0.05, 0.1) is 6.04 Å². The van der Waals surface area contributed by atoms with Crippen molar-refractivity contribution in [2.75, 3.05) is 19.6 Å². The lowest BCUT2D eigenvalue weighted by atomic mass is 9.89. The molecule has 1 N–H and O–H groups in total. The molecule has 0 saturated carbocycles. The zero-order chi connectivity index (χ0) is 19.1. The molecule has 0 radical (unpaired) electrons. The van der Waals surface area contributed by atoms with E-state index >= 15 is 0 Å². The average molecular weight is 369 g/mol. The Morgan fingerprint density at radius 1 is 1.19 bits per heavy atom. The highest BCUT2D eigenvalue weighted by Gasteiger charge is 2.49. The molecule has 3 heterocycles. The number of benzene rings is 1. The minimum absolute atomic E-state index is 0.0190. The molecule has 0 bridgehead atoms. The molecular weight excluding hydrogens is 349 g/mol. The maximum absolute atomic E-state index is 13.8. The van der Waals surface area contributed by atoms with Crippen LogP contribution in [0.15, 0.2) is 42.6 Å². The minimum Gasteiger partial charge on any atom is -0.505 e. The summed E-state index contributed by atoms with van der Waals surface area (Å²) in [6.45, 7) is 2.96. The number of rotatable bonds is 2. The smallest absolute Gasteiger partial charge is 0.276 e. The number of pyridine rings is 1. The van der Waals surface area contributed by atoms with Gasteiger partial charge in [-0.2, -0.15) is 0 Å². The van der Waals surface area contributed by atoms with Gasteiger partial charge in [0.15, 0.2) is 5.69 Å². The van der Waals surface area contributed by atoms with E-state index in [1.807, 2.05) is 6.07 Å². The Balaban J connectivity index is 1.61. The van der Waals surface area contributed by atoms with Crippen LogP contribution in [0.4, 0.5) is 4.39 Å². The van der Waals surface area contributed by atoms with E-state index in [9.17, 15) is 19.1 Å². The van der Waals surface area contributed by atoms with Gasteiger partial charge in [-0.25, -0.2) is 9.37 Å². The first-order chi connectivity index (χ1) is 13.0. The normalized spacial score (nSPS) is 24.1. The van der Waals surface area contributed by atoms with E-state index in [0.717, 1.165) is 5.56 Å². The van der Waals surface area contributed by atoms with Crippen molar-refractivity contribution < 1.29 is 19.1 Å². The molecular formula is C20H20FN3O3. The van der Waals surface area contributed by atoms with Crippen LogP contribution in [0.25, 0.3) is 0 Å². The zero-order valence-corrected chi connectivity index (χ0v) is 14.9. The molecule has 0 spiro atoms. The summed E-state index contributed by atoms with van der Waals surface area (Å²) in [4.78, 5) is 32.3. The number of hydrogen-bond acceptors (Lipinski definition) is 4.